The Labute approximate surface area is 133 Å². The molecular formula is C16H15ClN2OS. The minimum atomic E-state index is 0.0735. The van der Waals surface area contributed by atoms with Crippen molar-refractivity contribution in [1.82, 2.24) is 0 Å². The number of amides is 1. The van der Waals surface area contributed by atoms with Gasteiger partial charge in [-0.05, 0) is 35.9 Å². The SMILES string of the molecule is Nc1ccc2c(c1)N(C(=O)Cc1cccc(Cl)c1)CCS2. The van der Waals surface area contributed by atoms with Gasteiger partial charge in [0.15, 0.2) is 0 Å². The average Bonchev–Trinajstić information content (AvgIpc) is 2.46. The Morgan fingerprint density at radius 3 is 2.95 bits per heavy atom. The van der Waals surface area contributed by atoms with Gasteiger partial charge in [0.25, 0.3) is 0 Å². The molecule has 1 aliphatic rings. The highest BCUT2D eigenvalue weighted by Gasteiger charge is 2.23. The molecule has 2 aromatic carbocycles. The van der Waals surface area contributed by atoms with E-state index >= 15 is 0 Å². The summed E-state index contributed by atoms with van der Waals surface area (Å²) in [5.41, 5.74) is 8.37. The highest BCUT2D eigenvalue weighted by atomic mass is 35.5. The highest BCUT2D eigenvalue weighted by Crippen LogP contribution is 2.36. The molecule has 0 saturated heterocycles. The number of nitrogens with two attached hydrogens (primary N) is 1. The Balaban J connectivity index is 1.85. The van der Waals surface area contributed by atoms with Gasteiger partial charge >= 0.3 is 0 Å². The molecule has 5 heteroatoms. The smallest absolute Gasteiger partial charge is 0.231 e. The minimum absolute atomic E-state index is 0.0735. The molecule has 0 aromatic heterocycles. The summed E-state index contributed by atoms with van der Waals surface area (Å²) in [4.78, 5) is 15.5. The second-order valence-corrected chi connectivity index (χ2v) is 6.50. The first-order valence-electron chi connectivity index (χ1n) is 6.70. The summed E-state index contributed by atoms with van der Waals surface area (Å²) >= 11 is 7.73. The Hall–Kier alpha value is -1.65. The number of anilines is 2. The van der Waals surface area contributed by atoms with Crippen LogP contribution in [0.5, 0.6) is 0 Å². The standard InChI is InChI=1S/C16H15ClN2OS/c17-12-3-1-2-11(8-12)9-16(20)19-6-7-21-15-5-4-13(18)10-14(15)19/h1-5,8,10H,6-7,9,18H2. The number of carbonyl (C=O) groups excluding carboxylic acids is 1. The summed E-state index contributed by atoms with van der Waals surface area (Å²) in [6, 6.07) is 13.1. The lowest BCUT2D eigenvalue weighted by molar-refractivity contribution is -0.118. The Morgan fingerprint density at radius 2 is 2.14 bits per heavy atom. The minimum Gasteiger partial charge on any atom is -0.399 e. The lowest BCUT2D eigenvalue weighted by atomic mass is 10.1. The maximum Gasteiger partial charge on any atom is 0.231 e. The predicted molar refractivity (Wildman–Crippen MR) is 89.1 cm³/mol. The van der Waals surface area contributed by atoms with Crippen molar-refractivity contribution in [1.29, 1.82) is 0 Å². The van der Waals surface area contributed by atoms with E-state index in [9.17, 15) is 4.79 Å². The maximum atomic E-state index is 12.6. The van der Waals surface area contributed by atoms with Crippen LogP contribution in [0.2, 0.25) is 5.02 Å². The van der Waals surface area contributed by atoms with Crippen LogP contribution in [-0.2, 0) is 11.2 Å². The summed E-state index contributed by atoms with van der Waals surface area (Å²) in [5.74, 6) is 0.975. The van der Waals surface area contributed by atoms with Gasteiger partial charge in [-0.1, -0.05) is 23.7 Å². The van der Waals surface area contributed by atoms with Gasteiger partial charge in [-0.15, -0.1) is 11.8 Å². The molecule has 0 radical (unpaired) electrons. The van der Waals surface area contributed by atoms with E-state index in [2.05, 4.69) is 0 Å². The quantitative estimate of drug-likeness (QED) is 0.861. The van der Waals surface area contributed by atoms with E-state index < -0.39 is 0 Å². The van der Waals surface area contributed by atoms with Crippen molar-refractivity contribution in [2.75, 3.05) is 22.9 Å². The van der Waals surface area contributed by atoms with Gasteiger partial charge in [0.05, 0.1) is 12.1 Å². The molecular weight excluding hydrogens is 304 g/mol. The largest absolute Gasteiger partial charge is 0.399 e. The summed E-state index contributed by atoms with van der Waals surface area (Å²) in [6.07, 6.45) is 0.347. The number of nitrogen functional groups attached to an aromatic ring is 1. The molecule has 0 bridgehead atoms. The molecule has 0 atom stereocenters. The van der Waals surface area contributed by atoms with E-state index in [1.165, 1.54) is 0 Å². The van der Waals surface area contributed by atoms with Crippen LogP contribution in [0.3, 0.4) is 0 Å². The lowest BCUT2D eigenvalue weighted by Crippen LogP contribution is -2.36. The molecule has 2 N–H and O–H groups in total. The van der Waals surface area contributed by atoms with E-state index in [-0.39, 0.29) is 5.91 Å². The predicted octanol–water partition coefficient (Wildman–Crippen LogP) is 3.60. The molecule has 0 aliphatic carbocycles. The topological polar surface area (TPSA) is 46.3 Å². The summed E-state index contributed by atoms with van der Waals surface area (Å²) in [7, 11) is 0. The third-order valence-corrected chi connectivity index (χ3v) is 4.67. The van der Waals surface area contributed by atoms with E-state index in [0.717, 1.165) is 21.9 Å². The van der Waals surface area contributed by atoms with Crippen LogP contribution in [-0.4, -0.2) is 18.2 Å². The van der Waals surface area contributed by atoms with Crippen molar-refractivity contribution < 1.29 is 4.79 Å². The Morgan fingerprint density at radius 1 is 1.29 bits per heavy atom. The van der Waals surface area contributed by atoms with Gasteiger partial charge < -0.3 is 10.6 Å². The Kier molecular flexibility index (Phi) is 4.08. The van der Waals surface area contributed by atoms with Crippen LogP contribution in [0.25, 0.3) is 0 Å². The fourth-order valence-electron chi connectivity index (χ4n) is 2.41. The van der Waals surface area contributed by atoms with Crippen LogP contribution < -0.4 is 10.6 Å². The molecule has 0 unspecified atom stereocenters. The van der Waals surface area contributed by atoms with Gasteiger partial charge in [0.1, 0.15) is 0 Å². The van der Waals surface area contributed by atoms with Gasteiger partial charge in [0, 0.05) is 27.9 Å². The molecule has 0 spiro atoms. The molecule has 0 fully saturated rings. The molecule has 1 heterocycles. The first-order chi connectivity index (χ1) is 10.1. The van der Waals surface area contributed by atoms with Gasteiger partial charge in [0.2, 0.25) is 5.91 Å². The number of hydrogen-bond donors (Lipinski definition) is 1. The zero-order valence-electron chi connectivity index (χ0n) is 11.4. The van der Waals surface area contributed by atoms with Crippen molar-refractivity contribution in [2.24, 2.45) is 0 Å². The average molecular weight is 319 g/mol. The first kappa shape index (κ1) is 14.3. The van der Waals surface area contributed by atoms with E-state index in [1.807, 2.05) is 47.4 Å². The summed E-state index contributed by atoms with van der Waals surface area (Å²) in [6.45, 7) is 0.709. The van der Waals surface area contributed by atoms with Crippen molar-refractivity contribution in [2.45, 2.75) is 11.3 Å². The Bertz CT molecular complexity index is 690. The molecule has 1 amide bonds. The fourth-order valence-corrected chi connectivity index (χ4v) is 3.60. The van der Waals surface area contributed by atoms with Crippen molar-refractivity contribution in [3.05, 3.63) is 53.1 Å². The number of rotatable bonds is 2. The second kappa shape index (κ2) is 6.00. The highest BCUT2D eigenvalue weighted by molar-refractivity contribution is 7.99. The number of carbonyl (C=O) groups is 1. The third kappa shape index (κ3) is 3.17. The van der Waals surface area contributed by atoms with Crippen molar-refractivity contribution in [3.8, 4) is 0 Å². The van der Waals surface area contributed by atoms with E-state index in [1.54, 1.807) is 11.8 Å². The van der Waals surface area contributed by atoms with Gasteiger partial charge in [-0.25, -0.2) is 0 Å². The zero-order valence-corrected chi connectivity index (χ0v) is 13.0. The fraction of sp³-hybridized carbons (Fsp3) is 0.188. The monoisotopic (exact) mass is 318 g/mol. The van der Waals surface area contributed by atoms with E-state index in [0.29, 0.717) is 23.7 Å². The second-order valence-electron chi connectivity index (χ2n) is 4.93. The van der Waals surface area contributed by atoms with Crippen LogP contribution in [0.15, 0.2) is 47.4 Å². The molecule has 3 rings (SSSR count). The summed E-state index contributed by atoms with van der Waals surface area (Å²) < 4.78 is 0. The number of hydrogen-bond acceptors (Lipinski definition) is 3. The first-order valence-corrected chi connectivity index (χ1v) is 8.07. The molecule has 21 heavy (non-hydrogen) atoms. The van der Waals surface area contributed by atoms with E-state index in [4.69, 9.17) is 17.3 Å². The van der Waals surface area contributed by atoms with Gasteiger partial charge in [-0.3, -0.25) is 4.79 Å². The normalized spacial score (nSPS) is 13.9. The van der Waals surface area contributed by atoms with Crippen molar-refractivity contribution in [3.63, 3.8) is 0 Å². The zero-order chi connectivity index (χ0) is 14.8. The number of thioether (sulfide) groups is 1. The number of benzene rings is 2. The van der Waals surface area contributed by atoms with Gasteiger partial charge in [-0.2, -0.15) is 0 Å². The van der Waals surface area contributed by atoms with Crippen LogP contribution in [0.1, 0.15) is 5.56 Å². The maximum absolute atomic E-state index is 12.6. The number of fused-ring (bicyclic) bond motifs is 1. The number of nitrogens with zero attached hydrogens (tertiary/aromatic N) is 1. The van der Waals surface area contributed by atoms with Crippen LogP contribution >= 0.6 is 23.4 Å². The molecule has 1 aliphatic heterocycles. The molecule has 3 nitrogen and oxygen atoms in total. The number of halogens is 1. The molecule has 108 valence electrons. The third-order valence-electron chi connectivity index (χ3n) is 3.39. The molecule has 2 aromatic rings. The van der Waals surface area contributed by atoms with Crippen molar-refractivity contribution >= 4 is 40.6 Å². The summed E-state index contributed by atoms with van der Waals surface area (Å²) in [5, 5.41) is 0.652. The van der Waals surface area contributed by atoms with Crippen LogP contribution in [0, 0.1) is 0 Å². The van der Waals surface area contributed by atoms with Crippen LogP contribution in [0.4, 0.5) is 11.4 Å². The lowest BCUT2D eigenvalue weighted by Gasteiger charge is -2.29. The molecule has 0 saturated carbocycles.